The van der Waals surface area contributed by atoms with Crippen molar-refractivity contribution >= 4 is 23.4 Å². The van der Waals surface area contributed by atoms with Gasteiger partial charge in [-0.2, -0.15) is 0 Å². The quantitative estimate of drug-likeness (QED) is 0.735. The number of nitrogens with one attached hydrogen (secondary N) is 1. The van der Waals surface area contributed by atoms with E-state index in [1.165, 1.54) is 24.6 Å². The number of aryl methyl sites for hydroxylation is 2. The van der Waals surface area contributed by atoms with Gasteiger partial charge in [-0.15, -0.1) is 10.2 Å². The molecule has 0 bridgehead atoms. The first-order valence-corrected chi connectivity index (χ1v) is 10.6. The Hall–Kier alpha value is -1.86. The number of carbonyl (C=O) groups excluding carboxylic acids is 1. The van der Waals surface area contributed by atoms with Gasteiger partial charge in [0.15, 0.2) is 5.16 Å². The van der Waals surface area contributed by atoms with Crippen molar-refractivity contribution in [2.45, 2.75) is 63.3 Å². The number of nitrogens with zero attached hydrogens (tertiary/aromatic N) is 3. The largest absolute Gasteiger partial charge is 0.376 e. The molecule has 0 radical (unpaired) electrons. The van der Waals surface area contributed by atoms with Crippen LogP contribution in [-0.4, -0.2) is 39.1 Å². The monoisotopic (exact) mass is 386 g/mol. The number of ether oxygens (including phenoxy) is 1. The van der Waals surface area contributed by atoms with Crippen molar-refractivity contribution in [1.82, 2.24) is 14.8 Å². The second-order valence-electron chi connectivity index (χ2n) is 7.52. The molecule has 1 aliphatic carbocycles. The lowest BCUT2D eigenvalue weighted by Crippen LogP contribution is -2.19. The van der Waals surface area contributed by atoms with Crippen LogP contribution >= 0.6 is 11.8 Å². The summed E-state index contributed by atoms with van der Waals surface area (Å²) in [6, 6.07) is 6.08. The molecule has 1 amide bonds. The van der Waals surface area contributed by atoms with Gasteiger partial charge in [-0.25, -0.2) is 0 Å². The maximum Gasteiger partial charge on any atom is 0.234 e. The average molecular weight is 387 g/mol. The van der Waals surface area contributed by atoms with E-state index in [9.17, 15) is 4.79 Å². The molecule has 2 aliphatic rings. The van der Waals surface area contributed by atoms with Gasteiger partial charge in [-0.05, 0) is 56.7 Å². The van der Waals surface area contributed by atoms with Crippen LogP contribution in [0.1, 0.15) is 48.6 Å². The number of thioether (sulfide) groups is 1. The highest BCUT2D eigenvalue weighted by atomic mass is 32.2. The summed E-state index contributed by atoms with van der Waals surface area (Å²) in [6.45, 7) is 5.66. The highest BCUT2D eigenvalue weighted by Crippen LogP contribution is 2.40. The minimum Gasteiger partial charge on any atom is -0.376 e. The zero-order valence-electron chi connectivity index (χ0n) is 15.9. The zero-order chi connectivity index (χ0) is 18.8. The first-order chi connectivity index (χ1) is 13.1. The van der Waals surface area contributed by atoms with Crippen molar-refractivity contribution in [3.8, 4) is 0 Å². The third kappa shape index (κ3) is 4.52. The number of hydrogen-bond donors (Lipinski definition) is 1. The second-order valence-corrected chi connectivity index (χ2v) is 8.46. The Labute approximate surface area is 164 Å². The number of benzene rings is 1. The van der Waals surface area contributed by atoms with Gasteiger partial charge in [0.2, 0.25) is 5.91 Å². The molecule has 1 N–H and O–H groups in total. The minimum atomic E-state index is -0.0201. The van der Waals surface area contributed by atoms with Gasteiger partial charge >= 0.3 is 0 Å². The molecule has 27 heavy (non-hydrogen) atoms. The second kappa shape index (κ2) is 8.02. The summed E-state index contributed by atoms with van der Waals surface area (Å²) >= 11 is 1.46. The Morgan fingerprint density at radius 3 is 2.89 bits per heavy atom. The standard InChI is InChI=1S/C20H26N4O2S/c1-13-5-6-14(2)17(10-13)21-18(25)12-27-20-23-22-19(15-7-8-15)24(20)11-16-4-3-9-26-16/h5-6,10,15-16H,3-4,7-9,11-12H2,1-2H3,(H,21,25)/t16-/m0/s1. The predicted octanol–water partition coefficient (Wildman–Crippen LogP) is 3.68. The van der Waals surface area contributed by atoms with E-state index >= 15 is 0 Å². The van der Waals surface area contributed by atoms with Crippen LogP contribution in [0, 0.1) is 13.8 Å². The van der Waals surface area contributed by atoms with Gasteiger partial charge in [0.05, 0.1) is 18.4 Å². The summed E-state index contributed by atoms with van der Waals surface area (Å²) in [5.41, 5.74) is 3.07. The highest BCUT2D eigenvalue weighted by molar-refractivity contribution is 7.99. The van der Waals surface area contributed by atoms with Crippen LogP contribution in [0.3, 0.4) is 0 Å². The van der Waals surface area contributed by atoms with Crippen LogP contribution < -0.4 is 5.32 Å². The predicted molar refractivity (Wildman–Crippen MR) is 106 cm³/mol. The minimum absolute atomic E-state index is 0.0201. The summed E-state index contributed by atoms with van der Waals surface area (Å²) in [7, 11) is 0. The molecular formula is C20H26N4O2S. The Morgan fingerprint density at radius 2 is 2.15 bits per heavy atom. The molecule has 4 rings (SSSR count). The van der Waals surface area contributed by atoms with Crippen molar-refractivity contribution in [3.63, 3.8) is 0 Å². The van der Waals surface area contributed by atoms with Crippen LogP contribution in [0.25, 0.3) is 0 Å². The Kier molecular flexibility index (Phi) is 5.50. The summed E-state index contributed by atoms with van der Waals surface area (Å²) in [4.78, 5) is 12.4. The molecule has 2 fully saturated rings. The van der Waals surface area contributed by atoms with E-state index in [0.29, 0.717) is 11.7 Å². The molecule has 1 saturated carbocycles. The Bertz CT molecular complexity index is 825. The molecule has 7 heteroatoms. The molecule has 1 saturated heterocycles. The van der Waals surface area contributed by atoms with E-state index in [0.717, 1.165) is 53.8 Å². The average Bonchev–Trinajstić information content (AvgIpc) is 3.21. The van der Waals surface area contributed by atoms with Crippen LogP contribution in [0.4, 0.5) is 5.69 Å². The van der Waals surface area contributed by atoms with Crippen molar-refractivity contribution in [3.05, 3.63) is 35.2 Å². The van der Waals surface area contributed by atoms with Crippen LogP contribution in [-0.2, 0) is 16.1 Å². The summed E-state index contributed by atoms with van der Waals surface area (Å²) in [6.07, 6.45) is 4.80. The van der Waals surface area contributed by atoms with E-state index in [1.807, 2.05) is 32.0 Å². The number of aromatic nitrogens is 3. The lowest BCUT2D eigenvalue weighted by Gasteiger charge is -2.14. The molecule has 6 nitrogen and oxygen atoms in total. The maximum absolute atomic E-state index is 12.4. The van der Waals surface area contributed by atoms with Gasteiger partial charge in [0.1, 0.15) is 5.82 Å². The molecule has 0 spiro atoms. The fourth-order valence-electron chi connectivity index (χ4n) is 3.40. The molecule has 1 atom stereocenters. The van der Waals surface area contributed by atoms with Gasteiger partial charge < -0.3 is 14.6 Å². The number of amides is 1. The van der Waals surface area contributed by atoms with E-state index in [2.05, 4.69) is 20.1 Å². The molecule has 144 valence electrons. The fourth-order valence-corrected chi connectivity index (χ4v) is 4.16. The molecule has 1 aliphatic heterocycles. The number of anilines is 1. The van der Waals surface area contributed by atoms with Crippen molar-refractivity contribution in [2.75, 3.05) is 17.7 Å². The smallest absolute Gasteiger partial charge is 0.234 e. The first-order valence-electron chi connectivity index (χ1n) is 9.65. The number of carbonyl (C=O) groups is 1. The first kappa shape index (κ1) is 18.5. The zero-order valence-corrected chi connectivity index (χ0v) is 16.7. The van der Waals surface area contributed by atoms with Gasteiger partial charge in [-0.3, -0.25) is 4.79 Å². The van der Waals surface area contributed by atoms with E-state index in [-0.39, 0.29) is 12.0 Å². The van der Waals surface area contributed by atoms with E-state index in [4.69, 9.17) is 4.74 Å². The lowest BCUT2D eigenvalue weighted by molar-refractivity contribution is -0.113. The molecule has 2 heterocycles. The summed E-state index contributed by atoms with van der Waals surface area (Å²) in [5.74, 6) is 1.88. The SMILES string of the molecule is Cc1ccc(C)c(NC(=O)CSc2nnc(C3CC3)n2C[C@@H]2CCCO2)c1. The topological polar surface area (TPSA) is 69.0 Å². The number of hydrogen-bond acceptors (Lipinski definition) is 5. The fraction of sp³-hybridized carbons (Fsp3) is 0.550. The highest BCUT2D eigenvalue weighted by Gasteiger charge is 2.32. The summed E-state index contributed by atoms with van der Waals surface area (Å²) < 4.78 is 7.98. The van der Waals surface area contributed by atoms with Gasteiger partial charge in [-0.1, -0.05) is 23.9 Å². The molecule has 0 unspecified atom stereocenters. The van der Waals surface area contributed by atoms with Gasteiger partial charge in [0, 0.05) is 18.2 Å². The Morgan fingerprint density at radius 1 is 1.30 bits per heavy atom. The maximum atomic E-state index is 12.4. The van der Waals surface area contributed by atoms with Crippen molar-refractivity contribution < 1.29 is 9.53 Å². The molecular weight excluding hydrogens is 360 g/mol. The third-order valence-electron chi connectivity index (χ3n) is 5.10. The molecule has 1 aromatic heterocycles. The third-order valence-corrected chi connectivity index (χ3v) is 6.06. The van der Waals surface area contributed by atoms with E-state index in [1.54, 1.807) is 0 Å². The van der Waals surface area contributed by atoms with Gasteiger partial charge in [0.25, 0.3) is 0 Å². The lowest BCUT2D eigenvalue weighted by atomic mass is 10.1. The molecule has 2 aromatic rings. The number of rotatable bonds is 7. The normalized spacial score (nSPS) is 19.4. The van der Waals surface area contributed by atoms with Crippen LogP contribution in [0.2, 0.25) is 0 Å². The molecule has 1 aromatic carbocycles. The van der Waals surface area contributed by atoms with Crippen molar-refractivity contribution in [2.24, 2.45) is 0 Å². The van der Waals surface area contributed by atoms with E-state index < -0.39 is 0 Å². The van der Waals surface area contributed by atoms with Crippen LogP contribution in [0.15, 0.2) is 23.4 Å². The summed E-state index contributed by atoms with van der Waals surface area (Å²) in [5, 5.41) is 12.6. The van der Waals surface area contributed by atoms with Crippen molar-refractivity contribution in [1.29, 1.82) is 0 Å². The van der Waals surface area contributed by atoms with Crippen LogP contribution in [0.5, 0.6) is 0 Å². The Balaban J connectivity index is 1.41.